The second-order valence-corrected chi connectivity index (χ2v) is 4.69. The summed E-state index contributed by atoms with van der Waals surface area (Å²) in [5.74, 6) is -0.672. The van der Waals surface area contributed by atoms with Crippen LogP contribution in [0.15, 0.2) is 18.2 Å². The van der Waals surface area contributed by atoms with E-state index in [0.717, 1.165) is 12.8 Å². The van der Waals surface area contributed by atoms with Gasteiger partial charge >= 0.3 is 0 Å². The predicted molar refractivity (Wildman–Crippen MR) is 76.7 cm³/mol. The van der Waals surface area contributed by atoms with Crippen LogP contribution in [0, 0.1) is 17.1 Å². The summed E-state index contributed by atoms with van der Waals surface area (Å²) >= 11 is 0. The normalized spacial score (nSPS) is 11.8. The number of hydrogen-bond donors (Lipinski definition) is 2. The van der Waals surface area contributed by atoms with Crippen molar-refractivity contribution >= 4 is 11.6 Å². The fraction of sp³-hybridized carbons (Fsp3) is 0.467. The predicted octanol–water partition coefficient (Wildman–Crippen LogP) is 2.80. The number of nitrogens with zero attached hydrogens (tertiary/aromatic N) is 1. The van der Waals surface area contributed by atoms with E-state index in [2.05, 4.69) is 10.6 Å². The summed E-state index contributed by atoms with van der Waals surface area (Å²) in [5, 5.41) is 14.7. The van der Waals surface area contributed by atoms with Crippen molar-refractivity contribution in [1.82, 2.24) is 5.32 Å². The molecular formula is C15H20FN3O. The van der Waals surface area contributed by atoms with E-state index in [9.17, 15) is 9.18 Å². The van der Waals surface area contributed by atoms with Crippen molar-refractivity contribution in [2.75, 3.05) is 5.32 Å². The number of carbonyl (C=O) groups is 1. The molecule has 0 aromatic heterocycles. The Hall–Kier alpha value is -2.09. The second-order valence-electron chi connectivity index (χ2n) is 4.69. The van der Waals surface area contributed by atoms with Crippen LogP contribution in [0.1, 0.15) is 39.2 Å². The summed E-state index contributed by atoms with van der Waals surface area (Å²) in [4.78, 5) is 12.0. The third kappa shape index (κ3) is 4.23. The smallest absolute Gasteiger partial charge is 0.242 e. The van der Waals surface area contributed by atoms with Crippen molar-refractivity contribution in [2.24, 2.45) is 0 Å². The van der Waals surface area contributed by atoms with Gasteiger partial charge in [-0.1, -0.05) is 13.8 Å². The van der Waals surface area contributed by atoms with Crippen molar-refractivity contribution in [3.8, 4) is 6.07 Å². The largest absolute Gasteiger partial charge is 0.374 e. The number of hydrogen-bond acceptors (Lipinski definition) is 3. The monoisotopic (exact) mass is 277 g/mol. The number of anilines is 1. The van der Waals surface area contributed by atoms with E-state index in [1.807, 2.05) is 13.8 Å². The van der Waals surface area contributed by atoms with Gasteiger partial charge in [0.25, 0.3) is 0 Å². The Morgan fingerprint density at radius 2 is 2.05 bits per heavy atom. The zero-order valence-corrected chi connectivity index (χ0v) is 12.0. The van der Waals surface area contributed by atoms with Gasteiger partial charge in [0.1, 0.15) is 17.9 Å². The molecule has 0 spiro atoms. The molecule has 0 aliphatic rings. The number of nitrogens with one attached hydrogen (secondary N) is 2. The highest BCUT2D eigenvalue weighted by atomic mass is 19.1. The Morgan fingerprint density at radius 3 is 2.60 bits per heavy atom. The molecule has 1 amide bonds. The van der Waals surface area contributed by atoms with Gasteiger partial charge in [0, 0.05) is 11.7 Å². The number of carbonyl (C=O) groups excluding carboxylic acids is 1. The summed E-state index contributed by atoms with van der Waals surface area (Å²) in [5.41, 5.74) is 0.512. The number of benzene rings is 1. The van der Waals surface area contributed by atoms with Gasteiger partial charge in [-0.05, 0) is 38.0 Å². The molecule has 1 aromatic carbocycles. The Bertz CT molecular complexity index is 506. The molecule has 0 fully saturated rings. The van der Waals surface area contributed by atoms with Crippen LogP contribution in [0.25, 0.3) is 0 Å². The fourth-order valence-electron chi connectivity index (χ4n) is 1.84. The maximum absolute atomic E-state index is 13.2. The number of nitriles is 1. The fourth-order valence-corrected chi connectivity index (χ4v) is 1.84. The van der Waals surface area contributed by atoms with Gasteiger partial charge in [-0.25, -0.2) is 4.39 Å². The van der Waals surface area contributed by atoms with E-state index < -0.39 is 11.9 Å². The van der Waals surface area contributed by atoms with Crippen molar-refractivity contribution in [2.45, 2.75) is 45.7 Å². The molecule has 20 heavy (non-hydrogen) atoms. The van der Waals surface area contributed by atoms with E-state index in [1.165, 1.54) is 18.2 Å². The van der Waals surface area contributed by atoms with Gasteiger partial charge in [0.2, 0.25) is 5.91 Å². The Kier molecular flexibility index (Phi) is 5.98. The first-order valence-electron chi connectivity index (χ1n) is 6.78. The van der Waals surface area contributed by atoms with Crippen LogP contribution in [-0.4, -0.2) is 18.0 Å². The molecule has 1 rings (SSSR count). The lowest BCUT2D eigenvalue weighted by atomic mass is 10.1. The summed E-state index contributed by atoms with van der Waals surface area (Å²) in [7, 11) is 0. The second kappa shape index (κ2) is 7.49. The van der Waals surface area contributed by atoms with Gasteiger partial charge in [-0.15, -0.1) is 0 Å². The van der Waals surface area contributed by atoms with Gasteiger partial charge < -0.3 is 10.6 Å². The SMILES string of the molecule is CCC(CC)NC(=O)C(C)Nc1ccc(F)c(C#N)c1. The van der Waals surface area contributed by atoms with Crippen LogP contribution in [0.3, 0.4) is 0 Å². The molecule has 108 valence electrons. The van der Waals surface area contributed by atoms with E-state index in [4.69, 9.17) is 5.26 Å². The quantitative estimate of drug-likeness (QED) is 0.840. The maximum Gasteiger partial charge on any atom is 0.242 e. The van der Waals surface area contributed by atoms with Crippen molar-refractivity contribution in [3.63, 3.8) is 0 Å². The minimum Gasteiger partial charge on any atom is -0.374 e. The van der Waals surface area contributed by atoms with E-state index in [0.29, 0.717) is 5.69 Å². The Balaban J connectivity index is 2.68. The van der Waals surface area contributed by atoms with E-state index in [-0.39, 0.29) is 17.5 Å². The topological polar surface area (TPSA) is 64.9 Å². The summed E-state index contributed by atoms with van der Waals surface area (Å²) < 4.78 is 13.2. The summed E-state index contributed by atoms with van der Waals surface area (Å²) in [6, 6.07) is 5.61. The number of amides is 1. The number of rotatable bonds is 6. The van der Waals surface area contributed by atoms with Crippen LogP contribution in [-0.2, 0) is 4.79 Å². The average Bonchev–Trinajstić information content (AvgIpc) is 2.46. The lowest BCUT2D eigenvalue weighted by Gasteiger charge is -2.20. The highest BCUT2D eigenvalue weighted by molar-refractivity contribution is 5.84. The zero-order chi connectivity index (χ0) is 15.1. The Morgan fingerprint density at radius 1 is 1.40 bits per heavy atom. The molecule has 0 radical (unpaired) electrons. The molecule has 1 aromatic rings. The molecule has 0 saturated heterocycles. The van der Waals surface area contributed by atoms with Crippen LogP contribution < -0.4 is 10.6 Å². The van der Waals surface area contributed by atoms with Crippen LogP contribution in [0.2, 0.25) is 0 Å². The molecule has 0 aliphatic carbocycles. The molecular weight excluding hydrogens is 257 g/mol. The highest BCUT2D eigenvalue weighted by Gasteiger charge is 2.16. The summed E-state index contributed by atoms with van der Waals surface area (Å²) in [6.07, 6.45) is 1.76. The van der Waals surface area contributed by atoms with Crippen molar-refractivity contribution in [3.05, 3.63) is 29.6 Å². The van der Waals surface area contributed by atoms with Crippen molar-refractivity contribution in [1.29, 1.82) is 5.26 Å². The molecule has 1 atom stereocenters. The Labute approximate surface area is 119 Å². The van der Waals surface area contributed by atoms with Gasteiger partial charge in [0.05, 0.1) is 5.56 Å². The minimum absolute atomic E-state index is 0.0393. The lowest BCUT2D eigenvalue weighted by molar-refractivity contribution is -0.122. The number of halogens is 1. The van der Waals surface area contributed by atoms with Crippen LogP contribution in [0.5, 0.6) is 0 Å². The average molecular weight is 277 g/mol. The van der Waals surface area contributed by atoms with Gasteiger partial charge in [-0.2, -0.15) is 5.26 Å². The van der Waals surface area contributed by atoms with Crippen LogP contribution >= 0.6 is 0 Å². The first kappa shape index (κ1) is 16.0. The third-order valence-electron chi connectivity index (χ3n) is 3.20. The molecule has 4 nitrogen and oxygen atoms in total. The lowest BCUT2D eigenvalue weighted by Crippen LogP contribution is -2.42. The maximum atomic E-state index is 13.2. The van der Waals surface area contributed by atoms with Gasteiger partial charge in [0.15, 0.2) is 0 Å². The van der Waals surface area contributed by atoms with E-state index >= 15 is 0 Å². The van der Waals surface area contributed by atoms with Gasteiger partial charge in [-0.3, -0.25) is 4.79 Å². The minimum atomic E-state index is -0.563. The first-order valence-corrected chi connectivity index (χ1v) is 6.78. The van der Waals surface area contributed by atoms with Crippen molar-refractivity contribution < 1.29 is 9.18 Å². The highest BCUT2D eigenvalue weighted by Crippen LogP contribution is 2.15. The third-order valence-corrected chi connectivity index (χ3v) is 3.20. The van der Waals surface area contributed by atoms with Crippen LogP contribution in [0.4, 0.5) is 10.1 Å². The first-order chi connectivity index (χ1) is 9.51. The molecule has 0 saturated carbocycles. The molecule has 0 aliphatic heterocycles. The molecule has 0 heterocycles. The molecule has 1 unspecified atom stereocenters. The molecule has 0 bridgehead atoms. The summed E-state index contributed by atoms with van der Waals surface area (Å²) in [6.45, 7) is 5.77. The zero-order valence-electron chi connectivity index (χ0n) is 12.0. The molecule has 2 N–H and O–H groups in total. The molecule has 5 heteroatoms. The standard InChI is InChI=1S/C15H20FN3O/c1-4-12(5-2)19-15(20)10(3)18-13-6-7-14(16)11(8-13)9-17/h6-8,10,12,18H,4-5H2,1-3H3,(H,19,20). The van der Waals surface area contributed by atoms with E-state index in [1.54, 1.807) is 13.0 Å².